The maximum atomic E-state index is 13.7. The van der Waals surface area contributed by atoms with Gasteiger partial charge in [0, 0.05) is 0 Å². The molecule has 0 bridgehead atoms. The van der Waals surface area contributed by atoms with E-state index in [1.807, 2.05) is 0 Å². The van der Waals surface area contributed by atoms with E-state index in [4.69, 9.17) is 9.84 Å². The number of hydrogen-bond donors (Lipinski definition) is 1. The fraction of sp³-hybridized carbons (Fsp3) is 0.417. The van der Waals surface area contributed by atoms with E-state index in [-0.39, 0.29) is 12.2 Å². The van der Waals surface area contributed by atoms with Gasteiger partial charge >= 0.3 is 5.97 Å². The largest absolute Gasteiger partial charge is 0.497 e. The minimum absolute atomic E-state index is 0.166. The van der Waals surface area contributed by atoms with Crippen molar-refractivity contribution in [3.63, 3.8) is 0 Å². The van der Waals surface area contributed by atoms with Gasteiger partial charge in [0.15, 0.2) is 0 Å². The highest BCUT2D eigenvalue weighted by Gasteiger charge is 2.16. The van der Waals surface area contributed by atoms with Gasteiger partial charge in [0.05, 0.1) is 13.0 Å². The Morgan fingerprint density at radius 3 is 2.69 bits per heavy atom. The van der Waals surface area contributed by atoms with E-state index >= 15 is 0 Å². The second kappa shape index (κ2) is 4.96. The molecule has 1 N–H and O–H groups in total. The van der Waals surface area contributed by atoms with Gasteiger partial charge in [0.25, 0.3) is 0 Å². The van der Waals surface area contributed by atoms with Crippen LogP contribution in [0.3, 0.4) is 0 Å². The molecular weight excluding hydrogens is 211 g/mol. The van der Waals surface area contributed by atoms with Crippen LogP contribution in [-0.2, 0) is 11.2 Å². The van der Waals surface area contributed by atoms with Crippen molar-refractivity contribution in [1.82, 2.24) is 0 Å². The predicted molar refractivity (Wildman–Crippen MR) is 58.2 cm³/mol. The zero-order chi connectivity index (χ0) is 12.3. The van der Waals surface area contributed by atoms with Crippen LogP contribution < -0.4 is 4.74 Å². The molecule has 88 valence electrons. The van der Waals surface area contributed by atoms with Crippen LogP contribution in [0, 0.1) is 18.7 Å². The standard InChI is InChI=1S/C12H15FO3/c1-7-5-10(16-3)6-9(11(7)13)4-8(2)12(14)15/h5-6,8H,4H2,1-3H3,(H,14,15). The molecule has 0 aliphatic rings. The fourth-order valence-corrected chi connectivity index (χ4v) is 1.49. The van der Waals surface area contributed by atoms with E-state index in [1.54, 1.807) is 26.0 Å². The van der Waals surface area contributed by atoms with Gasteiger partial charge in [0.2, 0.25) is 0 Å². The summed E-state index contributed by atoms with van der Waals surface area (Å²) in [5.74, 6) is -1.35. The molecule has 3 nitrogen and oxygen atoms in total. The summed E-state index contributed by atoms with van der Waals surface area (Å²) in [4.78, 5) is 10.7. The van der Waals surface area contributed by atoms with Crippen molar-refractivity contribution >= 4 is 5.97 Å². The van der Waals surface area contributed by atoms with Crippen molar-refractivity contribution < 1.29 is 19.0 Å². The predicted octanol–water partition coefficient (Wildman–Crippen LogP) is 2.41. The Bertz CT molecular complexity index is 401. The highest BCUT2D eigenvalue weighted by Crippen LogP contribution is 2.23. The summed E-state index contributed by atoms with van der Waals surface area (Å²) in [5, 5.41) is 8.78. The van der Waals surface area contributed by atoms with Crippen LogP contribution in [0.1, 0.15) is 18.1 Å². The van der Waals surface area contributed by atoms with E-state index < -0.39 is 11.9 Å². The maximum Gasteiger partial charge on any atom is 0.306 e. The molecule has 1 unspecified atom stereocenters. The molecule has 0 aromatic heterocycles. The number of carboxylic acid groups (broad SMARTS) is 1. The first-order valence-corrected chi connectivity index (χ1v) is 5.01. The quantitative estimate of drug-likeness (QED) is 0.857. The molecule has 1 aromatic carbocycles. The lowest BCUT2D eigenvalue weighted by atomic mass is 9.99. The van der Waals surface area contributed by atoms with Crippen LogP contribution in [0.4, 0.5) is 4.39 Å². The van der Waals surface area contributed by atoms with E-state index in [0.29, 0.717) is 16.9 Å². The van der Waals surface area contributed by atoms with Crippen molar-refractivity contribution in [2.45, 2.75) is 20.3 Å². The number of benzene rings is 1. The van der Waals surface area contributed by atoms with Gasteiger partial charge in [-0.15, -0.1) is 0 Å². The SMILES string of the molecule is COc1cc(C)c(F)c(CC(C)C(=O)O)c1. The fourth-order valence-electron chi connectivity index (χ4n) is 1.49. The smallest absolute Gasteiger partial charge is 0.306 e. The Kier molecular flexibility index (Phi) is 3.88. The molecule has 0 heterocycles. The van der Waals surface area contributed by atoms with Crippen molar-refractivity contribution in [2.75, 3.05) is 7.11 Å². The summed E-state index contributed by atoms with van der Waals surface area (Å²) < 4.78 is 18.7. The molecule has 0 spiro atoms. The van der Waals surface area contributed by atoms with Gasteiger partial charge in [-0.05, 0) is 36.6 Å². The lowest BCUT2D eigenvalue weighted by Gasteiger charge is -2.11. The number of carbonyl (C=O) groups is 1. The van der Waals surface area contributed by atoms with Crippen LogP contribution in [0.2, 0.25) is 0 Å². The Balaban J connectivity index is 3.03. The van der Waals surface area contributed by atoms with E-state index in [0.717, 1.165) is 0 Å². The van der Waals surface area contributed by atoms with Gasteiger partial charge in [-0.1, -0.05) is 6.92 Å². The first-order chi connectivity index (χ1) is 7.45. The minimum atomic E-state index is -0.931. The zero-order valence-electron chi connectivity index (χ0n) is 9.58. The van der Waals surface area contributed by atoms with Crippen LogP contribution in [0.15, 0.2) is 12.1 Å². The van der Waals surface area contributed by atoms with Crippen molar-refractivity contribution in [2.24, 2.45) is 5.92 Å². The third-order valence-corrected chi connectivity index (χ3v) is 2.49. The number of aryl methyl sites for hydroxylation is 1. The molecule has 0 fully saturated rings. The lowest BCUT2D eigenvalue weighted by molar-refractivity contribution is -0.141. The molecule has 0 saturated heterocycles. The second-order valence-electron chi connectivity index (χ2n) is 3.86. The zero-order valence-corrected chi connectivity index (χ0v) is 9.58. The second-order valence-corrected chi connectivity index (χ2v) is 3.86. The van der Waals surface area contributed by atoms with Gasteiger partial charge in [-0.25, -0.2) is 4.39 Å². The van der Waals surface area contributed by atoms with Crippen LogP contribution >= 0.6 is 0 Å². The van der Waals surface area contributed by atoms with Crippen molar-refractivity contribution in [3.8, 4) is 5.75 Å². The molecular formula is C12H15FO3. The number of hydrogen-bond acceptors (Lipinski definition) is 2. The van der Waals surface area contributed by atoms with Gasteiger partial charge in [-0.2, -0.15) is 0 Å². The topological polar surface area (TPSA) is 46.5 Å². The van der Waals surface area contributed by atoms with Crippen LogP contribution in [0.25, 0.3) is 0 Å². The van der Waals surface area contributed by atoms with E-state index in [2.05, 4.69) is 0 Å². The molecule has 0 aliphatic carbocycles. The third-order valence-electron chi connectivity index (χ3n) is 2.49. The van der Waals surface area contributed by atoms with Gasteiger partial charge in [-0.3, -0.25) is 4.79 Å². The maximum absolute atomic E-state index is 13.7. The average Bonchev–Trinajstić information content (AvgIpc) is 2.24. The number of methoxy groups -OCH3 is 1. The van der Waals surface area contributed by atoms with Gasteiger partial charge in [0.1, 0.15) is 11.6 Å². The first kappa shape index (κ1) is 12.5. The molecule has 1 atom stereocenters. The van der Waals surface area contributed by atoms with Crippen molar-refractivity contribution in [3.05, 3.63) is 29.1 Å². The molecule has 0 amide bonds. The highest BCUT2D eigenvalue weighted by atomic mass is 19.1. The van der Waals surface area contributed by atoms with Crippen molar-refractivity contribution in [1.29, 1.82) is 0 Å². The molecule has 1 aromatic rings. The molecule has 1 rings (SSSR count). The molecule has 0 aliphatic heterocycles. The highest BCUT2D eigenvalue weighted by molar-refractivity contribution is 5.70. The number of halogens is 1. The van der Waals surface area contributed by atoms with Gasteiger partial charge < -0.3 is 9.84 Å². The Labute approximate surface area is 93.9 Å². The molecule has 0 saturated carbocycles. The molecule has 4 heteroatoms. The summed E-state index contributed by atoms with van der Waals surface area (Å²) in [7, 11) is 1.50. The van der Waals surface area contributed by atoms with Crippen LogP contribution in [0.5, 0.6) is 5.75 Å². The monoisotopic (exact) mass is 226 g/mol. The number of carboxylic acids is 1. The summed E-state index contributed by atoms with van der Waals surface area (Å²) in [5.41, 5.74) is 0.846. The number of rotatable bonds is 4. The molecule has 16 heavy (non-hydrogen) atoms. The summed E-state index contributed by atoms with van der Waals surface area (Å²) in [6, 6.07) is 3.13. The van der Waals surface area contributed by atoms with E-state index in [1.165, 1.54) is 7.11 Å². The Hall–Kier alpha value is -1.58. The first-order valence-electron chi connectivity index (χ1n) is 5.01. The summed E-state index contributed by atoms with van der Waals surface area (Å²) in [6.45, 7) is 3.18. The van der Waals surface area contributed by atoms with Crippen LogP contribution in [-0.4, -0.2) is 18.2 Å². The number of aliphatic carboxylic acids is 1. The summed E-state index contributed by atoms with van der Waals surface area (Å²) >= 11 is 0. The minimum Gasteiger partial charge on any atom is -0.497 e. The Morgan fingerprint density at radius 2 is 2.19 bits per heavy atom. The number of ether oxygens (including phenoxy) is 1. The Morgan fingerprint density at radius 1 is 1.56 bits per heavy atom. The average molecular weight is 226 g/mol. The lowest BCUT2D eigenvalue weighted by Crippen LogP contribution is -2.13. The molecule has 0 radical (unpaired) electrons. The summed E-state index contributed by atoms with van der Waals surface area (Å²) in [6.07, 6.45) is 0.166. The third kappa shape index (κ3) is 2.72. The normalized spacial score (nSPS) is 12.2. The van der Waals surface area contributed by atoms with E-state index in [9.17, 15) is 9.18 Å².